The van der Waals surface area contributed by atoms with Crippen LogP contribution >= 0.6 is 0 Å². The highest BCUT2D eigenvalue weighted by atomic mass is 19.1. The smallest absolute Gasteiger partial charge is 0.141 e. The van der Waals surface area contributed by atoms with Crippen molar-refractivity contribution in [3.8, 4) is 17.5 Å². The molecule has 0 spiro atoms. The van der Waals surface area contributed by atoms with E-state index in [1.54, 1.807) is 12.1 Å². The highest BCUT2D eigenvalue weighted by Crippen LogP contribution is 2.24. The number of aromatic nitrogens is 2. The first-order valence-corrected chi connectivity index (χ1v) is 5.92. The van der Waals surface area contributed by atoms with E-state index >= 15 is 0 Å². The van der Waals surface area contributed by atoms with Crippen molar-refractivity contribution in [1.29, 1.82) is 5.26 Å². The second-order valence-corrected chi connectivity index (χ2v) is 4.66. The number of rotatable bonds is 3. The number of nitrogens with one attached hydrogen (secondary N) is 1. The van der Waals surface area contributed by atoms with Crippen molar-refractivity contribution >= 4 is 0 Å². The van der Waals surface area contributed by atoms with Crippen molar-refractivity contribution in [2.24, 2.45) is 0 Å². The molecule has 0 unspecified atom stereocenters. The summed E-state index contributed by atoms with van der Waals surface area (Å²) in [6.45, 7) is 2.61. The number of halogens is 1. The van der Waals surface area contributed by atoms with Gasteiger partial charge in [-0.2, -0.15) is 5.26 Å². The van der Waals surface area contributed by atoms with E-state index in [-0.39, 0.29) is 5.56 Å². The third kappa shape index (κ3) is 2.64. The molecule has 0 aliphatic heterocycles. The fourth-order valence-electron chi connectivity index (χ4n) is 1.93. The minimum Gasteiger partial charge on any atom is -0.341 e. The molecule has 0 aliphatic carbocycles. The van der Waals surface area contributed by atoms with Gasteiger partial charge in [0.1, 0.15) is 17.7 Å². The maximum absolute atomic E-state index is 13.6. The summed E-state index contributed by atoms with van der Waals surface area (Å²) in [6, 6.07) is 6.43. The Morgan fingerprint density at radius 3 is 2.79 bits per heavy atom. The molecule has 2 rings (SSSR count). The molecule has 0 radical (unpaired) electrons. The Balaban J connectivity index is 2.49. The van der Waals surface area contributed by atoms with E-state index in [0.717, 1.165) is 17.9 Å². The molecule has 0 amide bonds. The van der Waals surface area contributed by atoms with Crippen LogP contribution in [0.5, 0.6) is 0 Å². The molecule has 1 aromatic heterocycles. The number of nitrogens with zero attached hydrogens (tertiary/aromatic N) is 3. The number of nitriles is 1. The van der Waals surface area contributed by atoms with Crippen LogP contribution in [0.4, 0.5) is 4.39 Å². The molecule has 98 valence electrons. The number of benzene rings is 1. The van der Waals surface area contributed by atoms with Crippen LogP contribution in [-0.4, -0.2) is 29.0 Å². The fraction of sp³-hybridized carbons (Fsp3) is 0.286. The van der Waals surface area contributed by atoms with Crippen molar-refractivity contribution in [1.82, 2.24) is 14.9 Å². The zero-order chi connectivity index (χ0) is 14.0. The van der Waals surface area contributed by atoms with E-state index in [0.29, 0.717) is 11.4 Å². The molecular weight excluding hydrogens is 243 g/mol. The van der Waals surface area contributed by atoms with Crippen LogP contribution in [0, 0.1) is 24.1 Å². The Bertz CT molecular complexity index is 637. The van der Waals surface area contributed by atoms with Gasteiger partial charge < -0.3 is 9.88 Å². The second-order valence-electron chi connectivity index (χ2n) is 4.66. The molecule has 0 saturated heterocycles. The topological polar surface area (TPSA) is 55.7 Å². The lowest BCUT2D eigenvalue weighted by molar-refractivity contribution is 0.396. The fourth-order valence-corrected chi connectivity index (χ4v) is 1.93. The van der Waals surface area contributed by atoms with E-state index in [1.165, 1.54) is 6.07 Å². The van der Waals surface area contributed by atoms with Crippen molar-refractivity contribution in [2.75, 3.05) is 14.1 Å². The number of H-pyrrole nitrogens is 1. The third-order valence-electron chi connectivity index (χ3n) is 2.84. The Kier molecular flexibility index (Phi) is 3.63. The molecule has 0 bridgehead atoms. The van der Waals surface area contributed by atoms with Crippen molar-refractivity contribution in [3.05, 3.63) is 41.0 Å². The number of aromatic amines is 1. The third-order valence-corrected chi connectivity index (χ3v) is 2.84. The summed E-state index contributed by atoms with van der Waals surface area (Å²) in [5.74, 6) is 0.00797. The number of imidazole rings is 1. The summed E-state index contributed by atoms with van der Waals surface area (Å²) >= 11 is 0. The van der Waals surface area contributed by atoms with Gasteiger partial charge >= 0.3 is 0 Å². The van der Waals surface area contributed by atoms with Gasteiger partial charge in [-0.05, 0) is 33.2 Å². The van der Waals surface area contributed by atoms with Crippen LogP contribution in [-0.2, 0) is 6.54 Å². The van der Waals surface area contributed by atoms with Gasteiger partial charge in [0, 0.05) is 12.1 Å². The molecule has 0 fully saturated rings. The molecule has 1 heterocycles. The summed E-state index contributed by atoms with van der Waals surface area (Å²) in [7, 11) is 3.92. The maximum atomic E-state index is 13.6. The van der Waals surface area contributed by atoms with E-state index in [2.05, 4.69) is 9.97 Å². The average molecular weight is 258 g/mol. The van der Waals surface area contributed by atoms with Crippen molar-refractivity contribution in [3.63, 3.8) is 0 Å². The van der Waals surface area contributed by atoms with Gasteiger partial charge in [0.15, 0.2) is 0 Å². The lowest BCUT2D eigenvalue weighted by Gasteiger charge is -2.07. The molecule has 1 aromatic carbocycles. The molecule has 0 saturated carbocycles. The van der Waals surface area contributed by atoms with Crippen molar-refractivity contribution in [2.45, 2.75) is 13.5 Å². The molecule has 1 N–H and O–H groups in total. The van der Waals surface area contributed by atoms with Crippen LogP contribution in [0.25, 0.3) is 11.4 Å². The second kappa shape index (κ2) is 5.21. The summed E-state index contributed by atoms with van der Waals surface area (Å²) in [4.78, 5) is 9.56. The van der Waals surface area contributed by atoms with Gasteiger partial charge in [0.2, 0.25) is 0 Å². The Morgan fingerprint density at radius 2 is 2.16 bits per heavy atom. The predicted molar refractivity (Wildman–Crippen MR) is 70.8 cm³/mol. The van der Waals surface area contributed by atoms with Crippen LogP contribution in [0.1, 0.15) is 17.0 Å². The highest BCUT2D eigenvalue weighted by Gasteiger charge is 2.14. The van der Waals surface area contributed by atoms with Gasteiger partial charge in [0.25, 0.3) is 0 Å². The molecule has 2 aromatic rings. The molecule has 5 heteroatoms. The van der Waals surface area contributed by atoms with Gasteiger partial charge in [0.05, 0.1) is 17.0 Å². The summed E-state index contributed by atoms with van der Waals surface area (Å²) < 4.78 is 13.6. The molecule has 4 nitrogen and oxygen atoms in total. The van der Waals surface area contributed by atoms with E-state index in [9.17, 15) is 4.39 Å². The summed E-state index contributed by atoms with van der Waals surface area (Å²) in [6.07, 6.45) is 0. The Labute approximate surface area is 111 Å². The minimum absolute atomic E-state index is 0.0210. The average Bonchev–Trinajstić information content (AvgIpc) is 2.69. The van der Waals surface area contributed by atoms with Crippen molar-refractivity contribution < 1.29 is 4.39 Å². The summed E-state index contributed by atoms with van der Waals surface area (Å²) in [5, 5.41) is 9.04. The highest BCUT2D eigenvalue weighted by molar-refractivity contribution is 5.65. The lowest BCUT2D eigenvalue weighted by Crippen LogP contribution is -2.11. The number of hydrogen-bond donors (Lipinski definition) is 1. The molecular formula is C14H15FN4. The zero-order valence-corrected chi connectivity index (χ0v) is 11.2. The standard InChI is InChI=1S/C14H15FN4/c1-9-13(8-19(2)3)18-14(17-9)10-5-4-6-12(15)11(10)7-16/h4-6H,8H2,1-3H3,(H,17,18). The first-order chi connectivity index (χ1) is 9.02. The van der Waals surface area contributed by atoms with E-state index < -0.39 is 5.82 Å². The first-order valence-electron chi connectivity index (χ1n) is 5.92. The predicted octanol–water partition coefficient (Wildman–Crippen LogP) is 2.46. The summed E-state index contributed by atoms with van der Waals surface area (Å²) in [5.41, 5.74) is 2.34. The zero-order valence-electron chi connectivity index (χ0n) is 11.2. The lowest BCUT2D eigenvalue weighted by atomic mass is 10.1. The van der Waals surface area contributed by atoms with Crippen LogP contribution in [0.15, 0.2) is 18.2 Å². The Hall–Kier alpha value is -2.19. The van der Waals surface area contributed by atoms with Gasteiger partial charge in [-0.1, -0.05) is 6.07 Å². The largest absolute Gasteiger partial charge is 0.341 e. The van der Waals surface area contributed by atoms with Gasteiger partial charge in [-0.3, -0.25) is 0 Å². The Morgan fingerprint density at radius 1 is 1.42 bits per heavy atom. The van der Waals surface area contributed by atoms with Gasteiger partial charge in [-0.25, -0.2) is 9.37 Å². The molecule has 0 aliphatic rings. The molecule has 19 heavy (non-hydrogen) atoms. The van der Waals surface area contributed by atoms with E-state index in [4.69, 9.17) is 5.26 Å². The molecule has 0 atom stereocenters. The normalized spacial score (nSPS) is 10.7. The van der Waals surface area contributed by atoms with E-state index in [1.807, 2.05) is 32.0 Å². The quantitative estimate of drug-likeness (QED) is 0.920. The number of aryl methyl sites for hydroxylation is 1. The minimum atomic E-state index is -0.525. The maximum Gasteiger partial charge on any atom is 0.141 e. The number of hydrogen-bond acceptors (Lipinski definition) is 3. The van der Waals surface area contributed by atoms with Crippen LogP contribution < -0.4 is 0 Å². The monoisotopic (exact) mass is 258 g/mol. The van der Waals surface area contributed by atoms with Crippen LogP contribution in [0.3, 0.4) is 0 Å². The van der Waals surface area contributed by atoms with Gasteiger partial charge in [-0.15, -0.1) is 0 Å². The SMILES string of the molecule is Cc1nc(-c2cccc(F)c2C#N)[nH]c1CN(C)C. The van der Waals surface area contributed by atoms with Crippen LogP contribution in [0.2, 0.25) is 0 Å². The first kappa shape index (κ1) is 13.2.